The summed E-state index contributed by atoms with van der Waals surface area (Å²) in [7, 11) is 4.98. The van der Waals surface area contributed by atoms with E-state index in [-0.39, 0.29) is 42.1 Å². The zero-order valence-corrected chi connectivity index (χ0v) is 25.7. The van der Waals surface area contributed by atoms with E-state index in [9.17, 15) is 14.4 Å². The number of nitrogens with one attached hydrogen (secondary N) is 1. The molecule has 0 bridgehead atoms. The van der Waals surface area contributed by atoms with Gasteiger partial charge in [-0.1, -0.05) is 71.4 Å². The second-order valence-electron chi connectivity index (χ2n) is 10.7. The highest BCUT2D eigenvalue weighted by Crippen LogP contribution is 2.23. The quantitative estimate of drug-likeness (QED) is 0.296. The first-order chi connectivity index (χ1) is 18.5. The van der Waals surface area contributed by atoms with Gasteiger partial charge in [0.05, 0.1) is 30.6 Å². The monoisotopic (exact) mass is 547 g/mol. The fourth-order valence-corrected chi connectivity index (χ4v) is 5.10. The third-order valence-electron chi connectivity index (χ3n) is 7.72. The summed E-state index contributed by atoms with van der Waals surface area (Å²) in [6.45, 7) is 12.7. The standard InChI is InChI=1S/C31H53N3O5/c1-10-18-34(29(36)20-26(38-8)30(22(4)11-2)33(7)28(35)12-3)21-27(39-9)24(6)31(37)32-23(5)19-25-16-14-13-15-17-25/h13-17,22-24,26-27,30H,10-12,18-21H2,1-9H3,(H,32,37)/t22-,23+,24+,26+,27-,30-/m0/s1. The molecule has 39 heavy (non-hydrogen) atoms. The van der Waals surface area contributed by atoms with Crippen molar-refractivity contribution in [1.82, 2.24) is 15.1 Å². The summed E-state index contributed by atoms with van der Waals surface area (Å²) in [5.41, 5.74) is 1.16. The minimum atomic E-state index is -0.458. The van der Waals surface area contributed by atoms with Crippen molar-refractivity contribution in [3.8, 4) is 0 Å². The van der Waals surface area contributed by atoms with E-state index in [2.05, 4.69) is 19.2 Å². The van der Waals surface area contributed by atoms with Crippen molar-refractivity contribution in [2.24, 2.45) is 11.8 Å². The minimum Gasteiger partial charge on any atom is -0.379 e. The van der Waals surface area contributed by atoms with Crippen LogP contribution >= 0.6 is 0 Å². The van der Waals surface area contributed by atoms with Crippen LogP contribution in [0.2, 0.25) is 0 Å². The second-order valence-corrected chi connectivity index (χ2v) is 10.7. The number of hydrogen-bond acceptors (Lipinski definition) is 5. The summed E-state index contributed by atoms with van der Waals surface area (Å²) in [5, 5.41) is 3.10. The van der Waals surface area contributed by atoms with E-state index in [1.807, 2.05) is 58.0 Å². The molecule has 0 saturated carbocycles. The average Bonchev–Trinajstić information content (AvgIpc) is 2.93. The first-order valence-electron chi connectivity index (χ1n) is 14.5. The summed E-state index contributed by atoms with van der Waals surface area (Å²) < 4.78 is 11.6. The molecule has 0 fully saturated rings. The van der Waals surface area contributed by atoms with E-state index in [0.717, 1.165) is 24.8 Å². The van der Waals surface area contributed by atoms with Crippen molar-refractivity contribution in [3.63, 3.8) is 0 Å². The van der Waals surface area contributed by atoms with Crippen molar-refractivity contribution in [1.29, 1.82) is 0 Å². The van der Waals surface area contributed by atoms with Crippen LogP contribution in [0.5, 0.6) is 0 Å². The highest BCUT2D eigenvalue weighted by molar-refractivity contribution is 5.80. The zero-order valence-electron chi connectivity index (χ0n) is 25.7. The third-order valence-corrected chi connectivity index (χ3v) is 7.72. The molecule has 6 atom stereocenters. The largest absolute Gasteiger partial charge is 0.379 e. The van der Waals surface area contributed by atoms with Gasteiger partial charge in [0.2, 0.25) is 17.7 Å². The zero-order chi connectivity index (χ0) is 29.5. The predicted octanol–water partition coefficient (Wildman–Crippen LogP) is 4.31. The van der Waals surface area contributed by atoms with Crippen LogP contribution in [0, 0.1) is 11.8 Å². The first-order valence-corrected chi connectivity index (χ1v) is 14.5. The highest BCUT2D eigenvalue weighted by atomic mass is 16.5. The van der Waals surface area contributed by atoms with Gasteiger partial charge in [0.1, 0.15) is 0 Å². The number of rotatable bonds is 18. The maximum Gasteiger partial charge on any atom is 0.225 e. The number of carbonyl (C=O) groups is 3. The Labute approximate surface area is 236 Å². The van der Waals surface area contributed by atoms with Crippen molar-refractivity contribution in [2.45, 2.75) is 97.9 Å². The fraction of sp³-hybridized carbons (Fsp3) is 0.710. The van der Waals surface area contributed by atoms with Crippen LogP contribution in [0.15, 0.2) is 30.3 Å². The summed E-state index contributed by atoms with van der Waals surface area (Å²) in [6.07, 6.45) is 2.03. The van der Waals surface area contributed by atoms with Gasteiger partial charge in [-0.05, 0) is 31.2 Å². The van der Waals surface area contributed by atoms with Gasteiger partial charge in [-0.15, -0.1) is 0 Å². The van der Waals surface area contributed by atoms with Crippen LogP contribution in [0.1, 0.15) is 72.8 Å². The molecule has 0 radical (unpaired) electrons. The molecule has 222 valence electrons. The van der Waals surface area contributed by atoms with E-state index >= 15 is 0 Å². The normalized spacial score (nSPS) is 15.9. The van der Waals surface area contributed by atoms with Crippen LogP contribution in [0.4, 0.5) is 0 Å². The molecule has 3 amide bonds. The summed E-state index contributed by atoms with van der Waals surface area (Å²) in [4.78, 5) is 42.7. The Balaban J connectivity index is 2.95. The van der Waals surface area contributed by atoms with Gasteiger partial charge in [-0.3, -0.25) is 14.4 Å². The SMILES string of the molecule is CCCN(C[C@H](OC)[C@@H](C)C(=O)N[C@H](C)Cc1ccccc1)C(=O)C[C@@H](OC)[C@H]([C@@H](C)CC)N(C)C(=O)CC. The molecule has 1 aromatic carbocycles. The second kappa shape index (κ2) is 18.0. The van der Waals surface area contributed by atoms with Crippen LogP contribution in [-0.2, 0) is 30.3 Å². The number of amides is 3. The van der Waals surface area contributed by atoms with Crippen LogP contribution in [0.25, 0.3) is 0 Å². The Hall–Kier alpha value is -2.45. The number of carbonyl (C=O) groups excluding carboxylic acids is 3. The topological polar surface area (TPSA) is 88.2 Å². The van der Waals surface area contributed by atoms with Crippen LogP contribution < -0.4 is 5.32 Å². The molecular formula is C31H53N3O5. The molecular weight excluding hydrogens is 494 g/mol. The maximum absolute atomic E-state index is 13.6. The first kappa shape index (κ1) is 34.6. The number of hydrogen-bond donors (Lipinski definition) is 1. The van der Waals surface area contributed by atoms with Crippen molar-refractivity contribution in [2.75, 3.05) is 34.4 Å². The van der Waals surface area contributed by atoms with Crippen LogP contribution in [-0.4, -0.2) is 86.2 Å². The summed E-state index contributed by atoms with van der Waals surface area (Å²) >= 11 is 0. The Kier molecular flexibility index (Phi) is 16.0. The smallest absolute Gasteiger partial charge is 0.225 e. The van der Waals surface area contributed by atoms with Gasteiger partial charge in [0.15, 0.2) is 0 Å². The number of methoxy groups -OCH3 is 2. The molecule has 1 aromatic rings. The molecule has 0 saturated heterocycles. The summed E-state index contributed by atoms with van der Waals surface area (Å²) in [5.74, 6) is -0.418. The van der Waals surface area contributed by atoms with Gasteiger partial charge in [-0.2, -0.15) is 0 Å². The Morgan fingerprint density at radius 2 is 1.54 bits per heavy atom. The number of nitrogens with zero attached hydrogens (tertiary/aromatic N) is 2. The van der Waals surface area contributed by atoms with E-state index in [1.165, 1.54) is 0 Å². The summed E-state index contributed by atoms with van der Waals surface area (Å²) in [6, 6.07) is 9.81. The lowest BCUT2D eigenvalue weighted by atomic mass is 9.90. The fourth-order valence-electron chi connectivity index (χ4n) is 5.10. The number of ether oxygens (including phenoxy) is 2. The van der Waals surface area contributed by atoms with Gasteiger partial charge < -0.3 is 24.6 Å². The molecule has 0 aliphatic rings. The molecule has 8 heteroatoms. The molecule has 0 unspecified atom stereocenters. The minimum absolute atomic E-state index is 0.0287. The highest BCUT2D eigenvalue weighted by Gasteiger charge is 2.35. The Bertz CT molecular complexity index is 865. The maximum atomic E-state index is 13.6. The molecule has 0 spiro atoms. The molecule has 0 aromatic heterocycles. The molecule has 0 heterocycles. The molecule has 8 nitrogen and oxygen atoms in total. The van der Waals surface area contributed by atoms with Crippen molar-refractivity contribution >= 4 is 17.7 Å². The number of benzene rings is 1. The predicted molar refractivity (Wildman–Crippen MR) is 156 cm³/mol. The van der Waals surface area contributed by atoms with Gasteiger partial charge in [0.25, 0.3) is 0 Å². The van der Waals surface area contributed by atoms with Gasteiger partial charge in [0, 0.05) is 46.8 Å². The van der Waals surface area contributed by atoms with Gasteiger partial charge in [-0.25, -0.2) is 0 Å². The molecule has 1 rings (SSSR count). The van der Waals surface area contributed by atoms with Crippen molar-refractivity contribution < 1.29 is 23.9 Å². The van der Waals surface area contributed by atoms with E-state index in [1.54, 1.807) is 31.1 Å². The van der Waals surface area contributed by atoms with E-state index in [0.29, 0.717) is 19.5 Å². The lowest BCUT2D eigenvalue weighted by Crippen LogP contribution is -2.52. The van der Waals surface area contributed by atoms with Crippen LogP contribution in [0.3, 0.4) is 0 Å². The van der Waals surface area contributed by atoms with E-state index < -0.39 is 18.1 Å². The van der Waals surface area contributed by atoms with Gasteiger partial charge >= 0.3 is 0 Å². The molecule has 0 aliphatic heterocycles. The third kappa shape index (κ3) is 10.9. The average molecular weight is 548 g/mol. The lowest BCUT2D eigenvalue weighted by molar-refractivity contribution is -0.144. The molecule has 0 aliphatic carbocycles. The lowest BCUT2D eigenvalue weighted by Gasteiger charge is -2.38. The van der Waals surface area contributed by atoms with Crippen molar-refractivity contribution in [3.05, 3.63) is 35.9 Å². The number of likely N-dealkylation sites (N-methyl/N-ethyl adjacent to an activating group) is 1. The van der Waals surface area contributed by atoms with E-state index in [4.69, 9.17) is 9.47 Å². The Morgan fingerprint density at radius 3 is 2.05 bits per heavy atom. The Morgan fingerprint density at radius 1 is 0.923 bits per heavy atom. The molecule has 1 N–H and O–H groups in total.